The molecule has 0 spiro atoms. The van der Waals surface area contributed by atoms with Gasteiger partial charge in [-0.3, -0.25) is 19.1 Å². The van der Waals surface area contributed by atoms with E-state index in [9.17, 15) is 36.2 Å². The van der Waals surface area contributed by atoms with Gasteiger partial charge in [-0.2, -0.15) is 27.1 Å². The molecule has 242 valence electrons. The molecule has 0 unspecified atom stereocenters. The molecule has 48 heavy (non-hydrogen) atoms. The fraction of sp³-hybridized carbons (Fsp3) is 0.0625. The molecule has 4 N–H and O–H groups in total. The number of hydrogen-bond donors (Lipinski definition) is 4. The third kappa shape index (κ3) is 6.86. The van der Waals surface area contributed by atoms with Gasteiger partial charge in [-0.05, 0) is 96.8 Å². The van der Waals surface area contributed by atoms with E-state index < -0.39 is 30.0 Å². The average molecular weight is 685 g/mol. The Morgan fingerprint density at radius 3 is 1.35 bits per heavy atom. The van der Waals surface area contributed by atoms with Crippen LogP contribution >= 0.6 is 0 Å². The number of phenols is 2. The zero-order chi connectivity index (χ0) is 34.1. The molecule has 0 atom stereocenters. The maximum absolute atomic E-state index is 12.3. The van der Waals surface area contributed by atoms with E-state index in [-0.39, 0.29) is 46.8 Å². The molecular weight excluding hydrogens is 661 g/mol. The summed E-state index contributed by atoms with van der Waals surface area (Å²) in [6.07, 6.45) is 2.93. The lowest BCUT2D eigenvalue weighted by Crippen LogP contribution is -2.07. The summed E-state index contributed by atoms with van der Waals surface area (Å²) in [5.41, 5.74) is 1.87. The first-order chi connectivity index (χ1) is 22.9. The van der Waals surface area contributed by atoms with Crippen molar-refractivity contribution in [3.8, 4) is 11.5 Å². The van der Waals surface area contributed by atoms with Crippen LogP contribution in [-0.2, 0) is 33.1 Å². The van der Waals surface area contributed by atoms with Gasteiger partial charge in [-0.15, -0.1) is 10.2 Å². The van der Waals surface area contributed by atoms with E-state index in [0.717, 1.165) is 12.1 Å². The SMILES string of the molecule is O=S(=O)(O)c1cc(N=Nc2ccc(O)c3ncccc23)ccc1CCc1ccc(N=Nc2ccc(O)c3ncccc23)cc1S(=O)(=O)O. The van der Waals surface area contributed by atoms with Gasteiger partial charge in [0.2, 0.25) is 0 Å². The zero-order valence-corrected chi connectivity index (χ0v) is 26.2. The van der Waals surface area contributed by atoms with Crippen molar-refractivity contribution in [2.24, 2.45) is 20.5 Å². The summed E-state index contributed by atoms with van der Waals surface area (Å²) < 4.78 is 69.3. The van der Waals surface area contributed by atoms with Gasteiger partial charge in [0.1, 0.15) is 22.5 Å². The first kappa shape index (κ1) is 32.3. The molecule has 0 saturated carbocycles. The predicted octanol–water partition coefficient (Wildman–Crippen LogP) is 7.30. The molecule has 4 aromatic carbocycles. The van der Waals surface area contributed by atoms with Crippen LogP contribution in [0.2, 0.25) is 0 Å². The van der Waals surface area contributed by atoms with E-state index in [1.165, 1.54) is 60.9 Å². The molecule has 0 radical (unpaired) electrons. The number of azo groups is 2. The molecule has 6 rings (SSSR count). The lowest BCUT2D eigenvalue weighted by Gasteiger charge is -2.11. The van der Waals surface area contributed by atoms with E-state index in [0.29, 0.717) is 33.2 Å². The summed E-state index contributed by atoms with van der Waals surface area (Å²) in [6.45, 7) is 0. The van der Waals surface area contributed by atoms with Crippen LogP contribution in [-0.4, -0.2) is 46.1 Å². The molecule has 14 nitrogen and oxygen atoms in total. The number of nitrogens with zero attached hydrogens (tertiary/aromatic N) is 6. The lowest BCUT2D eigenvalue weighted by atomic mass is 10.0. The monoisotopic (exact) mass is 684 g/mol. The minimum Gasteiger partial charge on any atom is -0.506 e. The Morgan fingerprint density at radius 1 is 0.542 bits per heavy atom. The topological polar surface area (TPSA) is 224 Å². The van der Waals surface area contributed by atoms with Gasteiger partial charge in [-0.1, -0.05) is 12.1 Å². The van der Waals surface area contributed by atoms with Crippen molar-refractivity contribution in [2.75, 3.05) is 0 Å². The van der Waals surface area contributed by atoms with Gasteiger partial charge in [0.25, 0.3) is 20.2 Å². The van der Waals surface area contributed by atoms with E-state index in [4.69, 9.17) is 0 Å². The maximum Gasteiger partial charge on any atom is 0.294 e. The number of aromatic nitrogens is 2. The van der Waals surface area contributed by atoms with Crippen LogP contribution in [0, 0.1) is 0 Å². The van der Waals surface area contributed by atoms with Crippen LogP contribution in [0.15, 0.2) is 128 Å². The second-order valence-corrected chi connectivity index (χ2v) is 13.2. The minimum atomic E-state index is -4.74. The Kier molecular flexibility index (Phi) is 8.63. The molecule has 2 heterocycles. The van der Waals surface area contributed by atoms with Crippen LogP contribution in [0.4, 0.5) is 22.7 Å². The number of pyridine rings is 2. The largest absolute Gasteiger partial charge is 0.506 e. The number of hydrogen-bond acceptors (Lipinski definition) is 12. The van der Waals surface area contributed by atoms with E-state index >= 15 is 0 Å². The Labute approximate surface area is 273 Å². The van der Waals surface area contributed by atoms with Crippen LogP contribution in [0.5, 0.6) is 11.5 Å². The van der Waals surface area contributed by atoms with Crippen molar-refractivity contribution in [1.82, 2.24) is 9.97 Å². The van der Waals surface area contributed by atoms with Crippen LogP contribution in [0.1, 0.15) is 11.1 Å². The smallest absolute Gasteiger partial charge is 0.294 e. The van der Waals surface area contributed by atoms with Gasteiger partial charge < -0.3 is 10.2 Å². The van der Waals surface area contributed by atoms with Gasteiger partial charge >= 0.3 is 0 Å². The van der Waals surface area contributed by atoms with Gasteiger partial charge in [-0.25, -0.2) is 0 Å². The highest BCUT2D eigenvalue weighted by atomic mass is 32.2. The molecule has 0 amide bonds. The highest BCUT2D eigenvalue weighted by Crippen LogP contribution is 2.34. The number of benzene rings is 4. The summed E-state index contributed by atoms with van der Waals surface area (Å²) in [4.78, 5) is 7.34. The molecule has 16 heteroatoms. The van der Waals surface area contributed by atoms with Crippen molar-refractivity contribution >= 4 is 64.8 Å². The average Bonchev–Trinajstić information content (AvgIpc) is 3.06. The van der Waals surface area contributed by atoms with Crippen LogP contribution in [0.3, 0.4) is 0 Å². The van der Waals surface area contributed by atoms with Crippen molar-refractivity contribution in [1.29, 1.82) is 0 Å². The zero-order valence-electron chi connectivity index (χ0n) is 24.6. The normalized spacial score (nSPS) is 12.5. The fourth-order valence-electron chi connectivity index (χ4n) is 5.06. The molecular formula is C32H24N6O8S2. The number of aromatic hydroxyl groups is 2. The van der Waals surface area contributed by atoms with E-state index in [2.05, 4.69) is 30.4 Å². The molecule has 0 fully saturated rings. The lowest BCUT2D eigenvalue weighted by molar-refractivity contribution is 0.479. The van der Waals surface area contributed by atoms with E-state index in [1.54, 1.807) is 24.3 Å². The summed E-state index contributed by atoms with van der Waals surface area (Å²) in [6, 6.07) is 20.6. The predicted molar refractivity (Wildman–Crippen MR) is 175 cm³/mol. The van der Waals surface area contributed by atoms with Gasteiger partial charge in [0.05, 0.1) is 32.5 Å². The summed E-state index contributed by atoms with van der Waals surface area (Å²) in [7, 11) is -9.48. The molecule has 0 aliphatic carbocycles. The highest BCUT2D eigenvalue weighted by Gasteiger charge is 2.20. The molecule has 6 aromatic rings. The number of aryl methyl sites for hydroxylation is 2. The van der Waals surface area contributed by atoms with Gasteiger partial charge in [0, 0.05) is 23.2 Å². The van der Waals surface area contributed by atoms with Crippen molar-refractivity contribution in [3.05, 3.63) is 108 Å². The molecule has 0 bridgehead atoms. The molecule has 2 aromatic heterocycles. The third-order valence-electron chi connectivity index (χ3n) is 7.32. The summed E-state index contributed by atoms with van der Waals surface area (Å²) in [5, 5.41) is 37.7. The summed E-state index contributed by atoms with van der Waals surface area (Å²) >= 11 is 0. The standard InChI is InChI=1S/C32H24N6O8S2/c39-27-13-11-25(23-3-1-15-33-31(23)27)37-35-21-9-7-19(29(17-21)47(41,42)43)5-6-20-8-10-22(18-30(20)48(44,45)46)36-38-26-12-14-28(40)32-24(26)4-2-16-34-32/h1-4,7-18,39-40H,5-6H2,(H,41,42,43)(H,44,45,46). The van der Waals surface area contributed by atoms with Crippen LogP contribution < -0.4 is 0 Å². The highest BCUT2D eigenvalue weighted by molar-refractivity contribution is 7.86. The van der Waals surface area contributed by atoms with Crippen molar-refractivity contribution < 1.29 is 36.2 Å². The minimum absolute atomic E-state index is 0.0423. The number of fused-ring (bicyclic) bond motifs is 2. The maximum atomic E-state index is 12.3. The quantitative estimate of drug-likeness (QED) is 0.0877. The fourth-order valence-corrected chi connectivity index (χ4v) is 6.60. The second-order valence-electron chi connectivity index (χ2n) is 10.4. The summed E-state index contributed by atoms with van der Waals surface area (Å²) in [5.74, 6) is -0.0846. The van der Waals surface area contributed by atoms with Crippen molar-refractivity contribution in [3.63, 3.8) is 0 Å². The Bertz CT molecular complexity index is 2330. The second kappa shape index (κ2) is 12.8. The molecule has 0 aliphatic heterocycles. The van der Waals surface area contributed by atoms with E-state index in [1.807, 2.05) is 0 Å². The molecule has 0 aliphatic rings. The Morgan fingerprint density at radius 2 is 0.958 bits per heavy atom. The number of rotatable bonds is 9. The van der Waals surface area contributed by atoms with Crippen molar-refractivity contribution in [2.45, 2.75) is 22.6 Å². The molecule has 0 saturated heterocycles. The first-order valence-corrected chi connectivity index (χ1v) is 16.9. The van der Waals surface area contributed by atoms with Gasteiger partial charge in [0.15, 0.2) is 0 Å². The number of phenolic OH excluding ortho intramolecular Hbond substituents is 2. The third-order valence-corrected chi connectivity index (χ3v) is 9.19. The Balaban J connectivity index is 1.27. The van der Waals surface area contributed by atoms with Crippen LogP contribution in [0.25, 0.3) is 21.8 Å². The first-order valence-electron chi connectivity index (χ1n) is 14.1. The Hall–Kier alpha value is -5.68.